The minimum atomic E-state index is -0.0447. The van der Waals surface area contributed by atoms with Gasteiger partial charge in [0.25, 0.3) is 5.91 Å². The number of thiazole rings is 1. The summed E-state index contributed by atoms with van der Waals surface area (Å²) < 4.78 is 5.03. The number of rotatable bonds is 7. The van der Waals surface area contributed by atoms with E-state index in [2.05, 4.69) is 18.8 Å². The van der Waals surface area contributed by atoms with Crippen LogP contribution in [-0.4, -0.2) is 42.6 Å². The molecule has 0 radical (unpaired) electrons. The molecule has 1 aromatic heterocycles. The summed E-state index contributed by atoms with van der Waals surface area (Å²) >= 11 is 1.42. The number of carbonyl (C=O) groups is 1. The SMILES string of the molecule is COCCN(CC(C)C)C(=O)c1csc(CN)n1. The predicted molar refractivity (Wildman–Crippen MR) is 72.6 cm³/mol. The van der Waals surface area contributed by atoms with Gasteiger partial charge < -0.3 is 15.4 Å². The Balaban J connectivity index is 2.73. The number of hydrogen-bond donors (Lipinski definition) is 1. The zero-order valence-electron chi connectivity index (χ0n) is 11.2. The number of nitrogens with zero attached hydrogens (tertiary/aromatic N) is 2. The van der Waals surface area contributed by atoms with Crippen LogP contribution in [0, 0.1) is 5.92 Å². The maximum atomic E-state index is 12.3. The molecule has 0 aliphatic rings. The molecule has 0 unspecified atom stereocenters. The number of hydrogen-bond acceptors (Lipinski definition) is 5. The first-order chi connectivity index (χ1) is 8.58. The van der Waals surface area contributed by atoms with Crippen molar-refractivity contribution >= 4 is 17.2 Å². The predicted octanol–water partition coefficient (Wildman–Crippen LogP) is 1.35. The third-order valence-corrected chi connectivity index (χ3v) is 3.25. The second kappa shape index (κ2) is 7.45. The number of carbonyl (C=O) groups excluding carboxylic acids is 1. The average molecular weight is 271 g/mol. The fourth-order valence-corrected chi connectivity index (χ4v) is 2.23. The largest absolute Gasteiger partial charge is 0.383 e. The summed E-state index contributed by atoms with van der Waals surface area (Å²) in [6.07, 6.45) is 0. The first-order valence-corrected chi connectivity index (χ1v) is 6.89. The van der Waals surface area contributed by atoms with Gasteiger partial charge in [-0.25, -0.2) is 4.98 Å². The zero-order valence-corrected chi connectivity index (χ0v) is 12.0. The molecule has 0 aliphatic heterocycles. The maximum absolute atomic E-state index is 12.3. The van der Waals surface area contributed by atoms with Gasteiger partial charge in [-0.2, -0.15) is 0 Å². The van der Waals surface area contributed by atoms with Crippen molar-refractivity contribution in [3.8, 4) is 0 Å². The highest BCUT2D eigenvalue weighted by atomic mass is 32.1. The lowest BCUT2D eigenvalue weighted by atomic mass is 10.2. The Morgan fingerprint density at radius 1 is 1.61 bits per heavy atom. The van der Waals surface area contributed by atoms with Crippen molar-refractivity contribution < 1.29 is 9.53 Å². The van der Waals surface area contributed by atoms with E-state index < -0.39 is 0 Å². The smallest absolute Gasteiger partial charge is 0.273 e. The van der Waals surface area contributed by atoms with Crippen molar-refractivity contribution in [2.75, 3.05) is 26.8 Å². The fraction of sp³-hybridized carbons (Fsp3) is 0.667. The van der Waals surface area contributed by atoms with Gasteiger partial charge in [-0.1, -0.05) is 13.8 Å². The van der Waals surface area contributed by atoms with E-state index in [0.29, 0.717) is 37.9 Å². The summed E-state index contributed by atoms with van der Waals surface area (Å²) in [6, 6.07) is 0. The van der Waals surface area contributed by atoms with Crippen LogP contribution in [-0.2, 0) is 11.3 Å². The molecule has 6 heteroatoms. The van der Waals surface area contributed by atoms with Crippen LogP contribution in [0.3, 0.4) is 0 Å². The van der Waals surface area contributed by atoms with Gasteiger partial charge in [-0.05, 0) is 5.92 Å². The molecule has 0 saturated heterocycles. The summed E-state index contributed by atoms with van der Waals surface area (Å²) in [5.41, 5.74) is 5.99. The Kier molecular flexibility index (Phi) is 6.24. The van der Waals surface area contributed by atoms with Gasteiger partial charge in [0.1, 0.15) is 10.7 Å². The zero-order chi connectivity index (χ0) is 13.5. The fourth-order valence-electron chi connectivity index (χ4n) is 1.58. The van der Waals surface area contributed by atoms with Crippen LogP contribution in [0.15, 0.2) is 5.38 Å². The molecule has 1 amide bonds. The minimum Gasteiger partial charge on any atom is -0.383 e. The molecule has 1 heterocycles. The first kappa shape index (κ1) is 15.1. The Morgan fingerprint density at radius 3 is 2.83 bits per heavy atom. The molecule has 2 N–H and O–H groups in total. The molecular formula is C12H21N3O2S. The second-order valence-corrected chi connectivity index (χ2v) is 5.41. The van der Waals surface area contributed by atoms with E-state index in [0.717, 1.165) is 5.01 Å². The topological polar surface area (TPSA) is 68.5 Å². The number of nitrogens with two attached hydrogens (primary N) is 1. The molecule has 0 saturated carbocycles. The second-order valence-electron chi connectivity index (χ2n) is 4.47. The van der Waals surface area contributed by atoms with Gasteiger partial charge in [0, 0.05) is 32.1 Å². The van der Waals surface area contributed by atoms with Crippen molar-refractivity contribution in [1.82, 2.24) is 9.88 Å². The number of amides is 1. The maximum Gasteiger partial charge on any atom is 0.273 e. The highest BCUT2D eigenvalue weighted by Crippen LogP contribution is 2.12. The molecule has 1 rings (SSSR count). The Bertz CT molecular complexity index is 379. The van der Waals surface area contributed by atoms with E-state index in [-0.39, 0.29) is 5.91 Å². The van der Waals surface area contributed by atoms with Crippen LogP contribution >= 0.6 is 11.3 Å². The lowest BCUT2D eigenvalue weighted by molar-refractivity contribution is 0.0667. The normalized spacial score (nSPS) is 10.9. The highest BCUT2D eigenvalue weighted by Gasteiger charge is 2.19. The first-order valence-electron chi connectivity index (χ1n) is 6.01. The van der Waals surface area contributed by atoms with Crippen molar-refractivity contribution in [2.24, 2.45) is 11.7 Å². The highest BCUT2D eigenvalue weighted by molar-refractivity contribution is 7.09. The molecule has 1 aromatic rings. The van der Waals surface area contributed by atoms with Crippen LogP contribution in [0.5, 0.6) is 0 Å². The van der Waals surface area contributed by atoms with Crippen molar-refractivity contribution in [2.45, 2.75) is 20.4 Å². The monoisotopic (exact) mass is 271 g/mol. The van der Waals surface area contributed by atoms with E-state index in [1.807, 2.05) is 0 Å². The van der Waals surface area contributed by atoms with Crippen LogP contribution in [0.1, 0.15) is 29.3 Å². The van der Waals surface area contributed by atoms with Crippen molar-refractivity contribution in [3.05, 3.63) is 16.1 Å². The summed E-state index contributed by atoms with van der Waals surface area (Å²) in [5.74, 6) is 0.370. The number of aromatic nitrogens is 1. The molecule has 102 valence electrons. The third-order valence-electron chi connectivity index (χ3n) is 2.38. The van der Waals surface area contributed by atoms with Gasteiger partial charge >= 0.3 is 0 Å². The van der Waals surface area contributed by atoms with E-state index in [1.54, 1.807) is 17.4 Å². The number of methoxy groups -OCH3 is 1. The van der Waals surface area contributed by atoms with Crippen LogP contribution in [0.4, 0.5) is 0 Å². The summed E-state index contributed by atoms with van der Waals surface area (Å²) in [7, 11) is 1.63. The summed E-state index contributed by atoms with van der Waals surface area (Å²) in [6.45, 7) is 6.37. The lowest BCUT2D eigenvalue weighted by Gasteiger charge is -2.23. The average Bonchev–Trinajstić information content (AvgIpc) is 2.81. The van der Waals surface area contributed by atoms with Crippen molar-refractivity contribution in [1.29, 1.82) is 0 Å². The van der Waals surface area contributed by atoms with Crippen LogP contribution < -0.4 is 5.73 Å². The molecule has 0 aliphatic carbocycles. The molecular weight excluding hydrogens is 250 g/mol. The number of ether oxygens (including phenoxy) is 1. The molecule has 0 fully saturated rings. The van der Waals surface area contributed by atoms with E-state index in [4.69, 9.17) is 10.5 Å². The summed E-state index contributed by atoms with van der Waals surface area (Å²) in [4.78, 5) is 18.3. The van der Waals surface area contributed by atoms with Gasteiger partial charge in [0.15, 0.2) is 0 Å². The molecule has 18 heavy (non-hydrogen) atoms. The Labute approximate surface area is 112 Å². The van der Waals surface area contributed by atoms with Gasteiger partial charge in [0.2, 0.25) is 0 Å². The summed E-state index contributed by atoms with van der Waals surface area (Å²) in [5, 5.41) is 2.56. The van der Waals surface area contributed by atoms with Gasteiger partial charge in [-0.3, -0.25) is 4.79 Å². The molecule has 0 atom stereocenters. The quantitative estimate of drug-likeness (QED) is 0.812. The Hall–Kier alpha value is -0.980. The van der Waals surface area contributed by atoms with E-state index in [9.17, 15) is 4.79 Å². The Morgan fingerprint density at radius 2 is 2.33 bits per heavy atom. The molecule has 0 bridgehead atoms. The van der Waals surface area contributed by atoms with Crippen molar-refractivity contribution in [3.63, 3.8) is 0 Å². The van der Waals surface area contributed by atoms with Crippen LogP contribution in [0.2, 0.25) is 0 Å². The van der Waals surface area contributed by atoms with Gasteiger partial charge in [0.05, 0.1) is 6.61 Å². The van der Waals surface area contributed by atoms with E-state index in [1.165, 1.54) is 11.3 Å². The third kappa shape index (κ3) is 4.36. The van der Waals surface area contributed by atoms with Crippen LogP contribution in [0.25, 0.3) is 0 Å². The minimum absolute atomic E-state index is 0.0447. The van der Waals surface area contributed by atoms with E-state index >= 15 is 0 Å². The molecule has 0 aromatic carbocycles. The lowest BCUT2D eigenvalue weighted by Crippen LogP contribution is -2.37. The van der Waals surface area contributed by atoms with Gasteiger partial charge in [-0.15, -0.1) is 11.3 Å². The molecule has 0 spiro atoms. The standard InChI is InChI=1S/C12H21N3O2S/c1-9(2)7-15(4-5-17-3)12(16)10-8-18-11(6-13)14-10/h8-9H,4-7,13H2,1-3H3. The molecule has 5 nitrogen and oxygen atoms in total.